The Morgan fingerprint density at radius 3 is 1.81 bits per heavy atom. The summed E-state index contributed by atoms with van der Waals surface area (Å²) < 4.78 is 6.63. The van der Waals surface area contributed by atoms with Crippen molar-refractivity contribution in [2.24, 2.45) is 0 Å². The van der Waals surface area contributed by atoms with Crippen molar-refractivity contribution < 1.29 is 4.43 Å². The summed E-state index contributed by atoms with van der Waals surface area (Å²) in [5.41, 5.74) is 2.57. The fraction of sp³-hybridized carbons (Fsp3) is 0.778. The lowest BCUT2D eigenvalue weighted by Crippen LogP contribution is -2.44. The van der Waals surface area contributed by atoms with Crippen LogP contribution >= 0.6 is 0 Å². The molecule has 0 radical (unpaired) electrons. The van der Waals surface area contributed by atoms with E-state index in [0.717, 1.165) is 12.8 Å². The molecule has 21 heavy (non-hydrogen) atoms. The van der Waals surface area contributed by atoms with Crippen molar-refractivity contribution in [2.75, 3.05) is 0 Å². The van der Waals surface area contributed by atoms with Gasteiger partial charge in [-0.05, 0) is 43.9 Å². The van der Waals surface area contributed by atoms with Gasteiger partial charge in [-0.1, -0.05) is 51.6 Å². The molecule has 0 saturated heterocycles. The lowest BCUT2D eigenvalue weighted by molar-refractivity contribution is 0.181. The summed E-state index contributed by atoms with van der Waals surface area (Å²) in [4.78, 5) is 0. The Labute approximate surface area is 136 Å². The predicted octanol–water partition coefficient (Wildman–Crippen LogP) is 6.63. The summed E-state index contributed by atoms with van der Waals surface area (Å²) in [6.45, 7) is 29.3. The molecule has 0 aliphatic carbocycles. The normalized spacial score (nSPS) is 14.9. The number of rotatable bonds is 8. The van der Waals surface area contributed by atoms with E-state index in [9.17, 15) is 0 Å². The van der Waals surface area contributed by atoms with Gasteiger partial charge in [0, 0.05) is 8.07 Å². The van der Waals surface area contributed by atoms with Crippen LogP contribution in [-0.2, 0) is 4.43 Å². The minimum atomic E-state index is -1.73. The molecule has 0 N–H and O–H groups in total. The highest BCUT2D eigenvalue weighted by Gasteiger charge is 2.39. The van der Waals surface area contributed by atoms with Crippen LogP contribution in [0.1, 0.15) is 40.5 Å². The zero-order valence-corrected chi connectivity index (χ0v) is 18.0. The van der Waals surface area contributed by atoms with Crippen LogP contribution in [0.25, 0.3) is 0 Å². The smallest absolute Gasteiger partial charge is 0.192 e. The molecule has 0 heterocycles. The second-order valence-corrected chi connectivity index (χ2v) is 19.6. The van der Waals surface area contributed by atoms with E-state index < -0.39 is 16.4 Å². The molecule has 3 heteroatoms. The molecule has 0 saturated carbocycles. The standard InChI is InChI=1S/C18H38OSi2/c1-15(2)12-17(13-16(3)14-20(7,8)9)19-21(10,11)18(4,5)6/h17H,1,3,12-14H2,2,4-11H3/t17-/m1/s1. The van der Waals surface area contributed by atoms with Gasteiger partial charge in [0.05, 0.1) is 6.10 Å². The number of hydrogen-bond acceptors (Lipinski definition) is 1. The van der Waals surface area contributed by atoms with E-state index in [1.807, 2.05) is 0 Å². The summed E-state index contributed by atoms with van der Waals surface area (Å²) >= 11 is 0. The monoisotopic (exact) mass is 326 g/mol. The molecule has 0 aromatic rings. The van der Waals surface area contributed by atoms with Crippen molar-refractivity contribution >= 4 is 16.4 Å². The van der Waals surface area contributed by atoms with Gasteiger partial charge in [-0.25, -0.2) is 0 Å². The Morgan fingerprint density at radius 1 is 1.00 bits per heavy atom. The molecule has 0 aromatic carbocycles. The quantitative estimate of drug-likeness (QED) is 0.359. The van der Waals surface area contributed by atoms with E-state index in [2.05, 4.69) is 73.6 Å². The molecule has 0 rings (SSSR count). The molecule has 0 unspecified atom stereocenters. The zero-order valence-electron chi connectivity index (χ0n) is 16.0. The van der Waals surface area contributed by atoms with Crippen LogP contribution in [0, 0.1) is 0 Å². The van der Waals surface area contributed by atoms with E-state index >= 15 is 0 Å². The van der Waals surface area contributed by atoms with E-state index in [1.165, 1.54) is 17.2 Å². The van der Waals surface area contributed by atoms with Crippen molar-refractivity contribution in [3.8, 4) is 0 Å². The largest absolute Gasteiger partial charge is 0.413 e. The maximum absolute atomic E-state index is 6.63. The molecule has 0 amide bonds. The first-order valence-corrected chi connectivity index (χ1v) is 14.7. The minimum Gasteiger partial charge on any atom is -0.413 e. The lowest BCUT2D eigenvalue weighted by atomic mass is 10.1. The molecule has 0 spiro atoms. The average Bonchev–Trinajstić information content (AvgIpc) is 2.08. The molecule has 0 aromatic heterocycles. The van der Waals surface area contributed by atoms with Gasteiger partial charge < -0.3 is 4.43 Å². The van der Waals surface area contributed by atoms with Gasteiger partial charge in [-0.15, -0.1) is 13.2 Å². The van der Waals surface area contributed by atoms with Crippen molar-refractivity contribution in [3.63, 3.8) is 0 Å². The molecule has 124 valence electrons. The Balaban J connectivity index is 4.90. The average molecular weight is 327 g/mol. The Kier molecular flexibility index (Phi) is 7.38. The summed E-state index contributed by atoms with van der Waals surface area (Å²) in [7, 11) is -2.82. The minimum absolute atomic E-state index is 0.250. The number of hydrogen-bond donors (Lipinski definition) is 0. The summed E-state index contributed by atoms with van der Waals surface area (Å²) in [6, 6.07) is 1.19. The van der Waals surface area contributed by atoms with Gasteiger partial charge in [0.2, 0.25) is 0 Å². The molecule has 0 aliphatic rings. The third kappa shape index (κ3) is 8.79. The first-order chi connectivity index (χ1) is 9.14. The summed E-state index contributed by atoms with van der Waals surface area (Å²) in [5, 5.41) is 0.250. The first-order valence-electron chi connectivity index (χ1n) is 8.13. The van der Waals surface area contributed by atoms with E-state index in [-0.39, 0.29) is 11.1 Å². The fourth-order valence-corrected chi connectivity index (χ4v) is 5.28. The maximum atomic E-state index is 6.63. The van der Waals surface area contributed by atoms with Crippen LogP contribution in [0.5, 0.6) is 0 Å². The van der Waals surface area contributed by atoms with Crippen LogP contribution in [0.15, 0.2) is 24.3 Å². The Morgan fingerprint density at radius 2 is 1.48 bits per heavy atom. The van der Waals surface area contributed by atoms with Crippen molar-refractivity contribution in [1.82, 2.24) is 0 Å². The van der Waals surface area contributed by atoms with Crippen LogP contribution in [0.4, 0.5) is 0 Å². The van der Waals surface area contributed by atoms with Gasteiger partial charge in [0.25, 0.3) is 0 Å². The molecule has 1 atom stereocenters. The zero-order chi connectivity index (χ0) is 17.1. The van der Waals surface area contributed by atoms with Gasteiger partial charge in [-0.3, -0.25) is 0 Å². The topological polar surface area (TPSA) is 9.23 Å². The second-order valence-electron chi connectivity index (χ2n) is 9.35. The van der Waals surface area contributed by atoms with E-state index in [1.54, 1.807) is 0 Å². The molecular weight excluding hydrogens is 288 g/mol. The van der Waals surface area contributed by atoms with Crippen LogP contribution < -0.4 is 0 Å². The van der Waals surface area contributed by atoms with Crippen molar-refractivity contribution in [2.45, 2.75) is 90.5 Å². The SMILES string of the molecule is C=C(C)C[C@H](CC(=C)C[Si](C)(C)C)O[Si](C)(C)C(C)(C)C. The van der Waals surface area contributed by atoms with Gasteiger partial charge in [0.1, 0.15) is 0 Å². The highest BCUT2D eigenvalue weighted by Crippen LogP contribution is 2.38. The molecule has 1 nitrogen and oxygen atoms in total. The van der Waals surface area contributed by atoms with Crippen molar-refractivity contribution in [1.29, 1.82) is 0 Å². The van der Waals surface area contributed by atoms with Crippen molar-refractivity contribution in [3.05, 3.63) is 24.3 Å². The Hall–Kier alpha value is -0.126. The Bertz CT molecular complexity index is 370. The maximum Gasteiger partial charge on any atom is 0.192 e. The van der Waals surface area contributed by atoms with E-state index in [4.69, 9.17) is 4.43 Å². The predicted molar refractivity (Wildman–Crippen MR) is 103 cm³/mol. The lowest BCUT2D eigenvalue weighted by Gasteiger charge is -2.40. The third-order valence-corrected chi connectivity index (χ3v) is 10.2. The molecule has 0 bridgehead atoms. The third-order valence-electron chi connectivity index (χ3n) is 4.14. The fourth-order valence-electron chi connectivity index (χ4n) is 2.28. The molecule has 0 aliphatic heterocycles. The summed E-state index contributed by atoms with van der Waals surface area (Å²) in [6.07, 6.45) is 2.20. The second kappa shape index (κ2) is 7.43. The molecular formula is C18H38OSi2. The highest BCUT2D eigenvalue weighted by molar-refractivity contribution is 6.76. The van der Waals surface area contributed by atoms with Crippen LogP contribution in [0.3, 0.4) is 0 Å². The van der Waals surface area contributed by atoms with E-state index in [0.29, 0.717) is 0 Å². The first kappa shape index (κ1) is 20.9. The highest BCUT2D eigenvalue weighted by atomic mass is 28.4. The van der Waals surface area contributed by atoms with Crippen LogP contribution in [0.2, 0.25) is 43.8 Å². The summed E-state index contributed by atoms with van der Waals surface area (Å²) in [5.74, 6) is 0. The van der Waals surface area contributed by atoms with Gasteiger partial charge in [0.15, 0.2) is 8.32 Å². The molecule has 0 fully saturated rings. The van der Waals surface area contributed by atoms with Gasteiger partial charge >= 0.3 is 0 Å². The van der Waals surface area contributed by atoms with Gasteiger partial charge in [-0.2, -0.15) is 0 Å². The van der Waals surface area contributed by atoms with Crippen LogP contribution in [-0.4, -0.2) is 22.5 Å².